The molecule has 1 aliphatic rings. The number of halogens is 1. The van der Waals surface area contributed by atoms with Crippen LogP contribution in [0.1, 0.15) is 30.9 Å². The minimum atomic E-state index is -0.178. The topological polar surface area (TPSA) is 34.6 Å². The van der Waals surface area contributed by atoms with Crippen molar-refractivity contribution >= 4 is 0 Å². The lowest BCUT2D eigenvalue weighted by molar-refractivity contribution is 0.0489. The van der Waals surface area contributed by atoms with E-state index < -0.39 is 0 Å². The van der Waals surface area contributed by atoms with Gasteiger partial charge in [0, 0.05) is 37.4 Å². The SMILES string of the molecule is CCOCC1(CCc2ccc(F)cc2)CCN(Cc2ccc(OC)nc2)C1. The highest BCUT2D eigenvalue weighted by Crippen LogP contribution is 2.36. The fourth-order valence-corrected chi connectivity index (χ4v) is 3.82. The number of aryl methyl sites for hydroxylation is 1. The van der Waals surface area contributed by atoms with Crippen LogP contribution in [0.25, 0.3) is 0 Å². The van der Waals surface area contributed by atoms with Crippen molar-refractivity contribution in [3.8, 4) is 5.88 Å². The number of hydrogen-bond donors (Lipinski definition) is 0. The lowest BCUT2D eigenvalue weighted by Crippen LogP contribution is -2.32. The summed E-state index contributed by atoms with van der Waals surface area (Å²) >= 11 is 0. The van der Waals surface area contributed by atoms with Crippen molar-refractivity contribution in [2.75, 3.05) is 33.4 Å². The third-order valence-electron chi connectivity index (χ3n) is 5.40. The molecule has 0 bridgehead atoms. The maximum Gasteiger partial charge on any atom is 0.212 e. The van der Waals surface area contributed by atoms with Crippen molar-refractivity contribution in [2.45, 2.75) is 32.7 Å². The molecule has 0 amide bonds. The van der Waals surface area contributed by atoms with Gasteiger partial charge in [0.05, 0.1) is 13.7 Å². The summed E-state index contributed by atoms with van der Waals surface area (Å²) in [7, 11) is 1.63. The van der Waals surface area contributed by atoms with Crippen molar-refractivity contribution in [3.63, 3.8) is 0 Å². The molecule has 1 aromatic heterocycles. The van der Waals surface area contributed by atoms with Gasteiger partial charge in [-0.3, -0.25) is 4.90 Å². The summed E-state index contributed by atoms with van der Waals surface area (Å²) in [4.78, 5) is 6.78. The molecule has 1 aromatic carbocycles. The number of methoxy groups -OCH3 is 1. The van der Waals surface area contributed by atoms with Gasteiger partial charge in [-0.1, -0.05) is 18.2 Å². The van der Waals surface area contributed by atoms with Crippen LogP contribution in [-0.2, 0) is 17.7 Å². The zero-order valence-corrected chi connectivity index (χ0v) is 16.3. The Hall–Kier alpha value is -1.98. The summed E-state index contributed by atoms with van der Waals surface area (Å²) < 4.78 is 24.1. The summed E-state index contributed by atoms with van der Waals surface area (Å²) in [6.07, 6.45) is 5.01. The van der Waals surface area contributed by atoms with E-state index in [9.17, 15) is 4.39 Å². The van der Waals surface area contributed by atoms with E-state index in [0.717, 1.165) is 52.1 Å². The van der Waals surface area contributed by atoms with Crippen LogP contribution in [0.2, 0.25) is 0 Å². The maximum atomic E-state index is 13.1. The second-order valence-electron chi connectivity index (χ2n) is 7.43. The lowest BCUT2D eigenvalue weighted by atomic mass is 9.82. The molecule has 4 nitrogen and oxygen atoms in total. The molecule has 2 heterocycles. The van der Waals surface area contributed by atoms with Crippen LogP contribution in [-0.4, -0.2) is 43.3 Å². The first-order valence-electron chi connectivity index (χ1n) is 9.66. The van der Waals surface area contributed by atoms with E-state index in [1.165, 1.54) is 11.1 Å². The van der Waals surface area contributed by atoms with Crippen LogP contribution in [0, 0.1) is 11.2 Å². The van der Waals surface area contributed by atoms with E-state index in [4.69, 9.17) is 9.47 Å². The van der Waals surface area contributed by atoms with Crippen LogP contribution >= 0.6 is 0 Å². The van der Waals surface area contributed by atoms with Gasteiger partial charge in [-0.15, -0.1) is 0 Å². The number of hydrogen-bond acceptors (Lipinski definition) is 4. The number of rotatable bonds is 9. The molecule has 1 aliphatic heterocycles. The molecule has 2 aromatic rings. The van der Waals surface area contributed by atoms with Gasteiger partial charge < -0.3 is 9.47 Å². The van der Waals surface area contributed by atoms with E-state index in [0.29, 0.717) is 5.88 Å². The highest BCUT2D eigenvalue weighted by atomic mass is 19.1. The molecule has 0 spiro atoms. The van der Waals surface area contributed by atoms with Gasteiger partial charge in [0.15, 0.2) is 0 Å². The Labute approximate surface area is 161 Å². The zero-order valence-electron chi connectivity index (χ0n) is 16.3. The maximum absolute atomic E-state index is 13.1. The molecule has 5 heteroatoms. The van der Waals surface area contributed by atoms with Gasteiger partial charge in [0.1, 0.15) is 5.82 Å². The van der Waals surface area contributed by atoms with E-state index in [2.05, 4.69) is 16.0 Å². The van der Waals surface area contributed by atoms with E-state index in [-0.39, 0.29) is 11.2 Å². The minimum Gasteiger partial charge on any atom is -0.481 e. The quantitative estimate of drug-likeness (QED) is 0.664. The van der Waals surface area contributed by atoms with Gasteiger partial charge >= 0.3 is 0 Å². The predicted octanol–water partition coefficient (Wildman–Crippen LogP) is 4.09. The Kier molecular flexibility index (Phi) is 6.80. The standard InChI is InChI=1S/C22H29FN2O2/c1-3-27-17-22(11-10-18-4-7-20(23)8-5-18)12-13-25(16-22)15-19-6-9-21(26-2)24-14-19/h4-9,14H,3,10-13,15-17H2,1-2H3. The van der Waals surface area contributed by atoms with E-state index >= 15 is 0 Å². The van der Waals surface area contributed by atoms with Crippen LogP contribution in [0.15, 0.2) is 42.6 Å². The summed E-state index contributed by atoms with van der Waals surface area (Å²) in [5.74, 6) is 0.466. The molecule has 27 heavy (non-hydrogen) atoms. The molecule has 1 atom stereocenters. The normalized spacial score (nSPS) is 20.1. The van der Waals surface area contributed by atoms with Crippen molar-refractivity contribution in [1.29, 1.82) is 0 Å². The van der Waals surface area contributed by atoms with Crippen molar-refractivity contribution < 1.29 is 13.9 Å². The van der Waals surface area contributed by atoms with Crippen molar-refractivity contribution in [1.82, 2.24) is 9.88 Å². The first-order valence-corrected chi connectivity index (χ1v) is 9.66. The van der Waals surface area contributed by atoms with Crippen molar-refractivity contribution in [2.24, 2.45) is 5.41 Å². The summed E-state index contributed by atoms with van der Waals surface area (Å²) in [5.41, 5.74) is 2.54. The number of likely N-dealkylation sites (tertiary alicyclic amines) is 1. The minimum absolute atomic E-state index is 0.157. The summed E-state index contributed by atoms with van der Waals surface area (Å²) in [6, 6.07) is 10.9. The summed E-state index contributed by atoms with van der Waals surface area (Å²) in [6.45, 7) is 6.52. The highest BCUT2D eigenvalue weighted by molar-refractivity contribution is 5.18. The van der Waals surface area contributed by atoms with Gasteiger partial charge in [-0.2, -0.15) is 0 Å². The molecule has 1 unspecified atom stereocenters. The third-order valence-corrected chi connectivity index (χ3v) is 5.40. The van der Waals surface area contributed by atoms with Crippen molar-refractivity contribution in [3.05, 3.63) is 59.5 Å². The van der Waals surface area contributed by atoms with E-state index in [1.54, 1.807) is 19.2 Å². The molecule has 1 fully saturated rings. The molecule has 1 saturated heterocycles. The predicted molar refractivity (Wildman–Crippen MR) is 104 cm³/mol. The second-order valence-corrected chi connectivity index (χ2v) is 7.43. The van der Waals surface area contributed by atoms with Gasteiger partial charge in [-0.05, 0) is 56.0 Å². The Balaban J connectivity index is 1.61. The Bertz CT molecular complexity index is 705. The molecule has 0 N–H and O–H groups in total. The number of ether oxygens (including phenoxy) is 2. The molecule has 0 aliphatic carbocycles. The van der Waals surface area contributed by atoms with Crippen LogP contribution in [0.4, 0.5) is 4.39 Å². The first kappa shape index (κ1) is 19.8. The number of pyridine rings is 1. The summed E-state index contributed by atoms with van der Waals surface area (Å²) in [5, 5.41) is 0. The Morgan fingerprint density at radius 1 is 1.15 bits per heavy atom. The smallest absolute Gasteiger partial charge is 0.212 e. The average molecular weight is 372 g/mol. The van der Waals surface area contributed by atoms with Gasteiger partial charge in [-0.25, -0.2) is 9.37 Å². The average Bonchev–Trinajstić information content (AvgIpc) is 3.10. The first-order chi connectivity index (χ1) is 13.1. The molecule has 3 rings (SSSR count). The van der Waals surface area contributed by atoms with Gasteiger partial charge in [0.25, 0.3) is 0 Å². The highest BCUT2D eigenvalue weighted by Gasteiger charge is 2.37. The number of benzene rings is 1. The van der Waals surface area contributed by atoms with Crippen LogP contribution in [0.3, 0.4) is 0 Å². The second kappa shape index (κ2) is 9.29. The third kappa shape index (κ3) is 5.50. The number of nitrogens with zero attached hydrogens (tertiary/aromatic N) is 2. The number of aromatic nitrogens is 1. The molecular weight excluding hydrogens is 343 g/mol. The van der Waals surface area contributed by atoms with Crippen LogP contribution in [0.5, 0.6) is 5.88 Å². The molecule has 146 valence electrons. The molecule has 0 saturated carbocycles. The fourth-order valence-electron chi connectivity index (χ4n) is 3.82. The molecule has 0 radical (unpaired) electrons. The lowest BCUT2D eigenvalue weighted by Gasteiger charge is -2.29. The zero-order chi connectivity index (χ0) is 19.1. The van der Waals surface area contributed by atoms with Crippen LogP contribution < -0.4 is 4.74 Å². The van der Waals surface area contributed by atoms with Gasteiger partial charge in [0.2, 0.25) is 5.88 Å². The largest absolute Gasteiger partial charge is 0.481 e. The Morgan fingerprint density at radius 2 is 1.93 bits per heavy atom. The fraction of sp³-hybridized carbons (Fsp3) is 0.500. The van der Waals surface area contributed by atoms with E-state index in [1.807, 2.05) is 31.3 Å². The Morgan fingerprint density at radius 3 is 2.59 bits per heavy atom. The monoisotopic (exact) mass is 372 g/mol. The molecular formula is C22H29FN2O2.